The van der Waals surface area contributed by atoms with E-state index in [1.54, 1.807) is 12.1 Å². The third-order valence-corrected chi connectivity index (χ3v) is 5.46. The van der Waals surface area contributed by atoms with Gasteiger partial charge in [-0.15, -0.1) is 0 Å². The lowest BCUT2D eigenvalue weighted by molar-refractivity contribution is 0.601. The minimum absolute atomic E-state index is 0.225. The number of sulfone groups is 1. The number of anilines is 1. The summed E-state index contributed by atoms with van der Waals surface area (Å²) in [7, 11) is -3.23. The van der Waals surface area contributed by atoms with Crippen LogP contribution in [0.3, 0.4) is 0 Å². The third-order valence-electron chi connectivity index (χ3n) is 4.36. The first-order chi connectivity index (χ1) is 10.8. The second-order valence-corrected chi connectivity index (χ2v) is 8.13. The van der Waals surface area contributed by atoms with E-state index in [0.717, 1.165) is 24.3 Å². The summed E-state index contributed by atoms with van der Waals surface area (Å²) < 4.78 is 36.1. The van der Waals surface area contributed by atoms with Gasteiger partial charge in [0.2, 0.25) is 0 Å². The standard InChI is InChI=1S/C17H19FN2O2S/c1-12-9-14(13-3-5-15(18)6-4-13)11-20(12)17-8-7-16(10-19-17)23(2,21)22/h3-8,10,12,14H,9,11H2,1-2H3. The Bertz CT molecular complexity index is 788. The molecule has 0 bridgehead atoms. The molecule has 1 aromatic carbocycles. The van der Waals surface area contributed by atoms with Crippen LogP contribution < -0.4 is 4.90 Å². The Hall–Kier alpha value is -1.95. The Morgan fingerprint density at radius 2 is 1.87 bits per heavy atom. The average Bonchev–Trinajstić information content (AvgIpc) is 2.89. The molecular formula is C17H19FN2O2S. The molecule has 0 spiro atoms. The summed E-state index contributed by atoms with van der Waals surface area (Å²) in [6, 6.07) is 10.3. The van der Waals surface area contributed by atoms with E-state index in [1.165, 1.54) is 24.6 Å². The molecule has 0 aliphatic carbocycles. The van der Waals surface area contributed by atoms with Crippen molar-refractivity contribution in [2.24, 2.45) is 0 Å². The minimum atomic E-state index is -3.23. The largest absolute Gasteiger partial charge is 0.353 e. The molecule has 1 saturated heterocycles. The fraction of sp³-hybridized carbons (Fsp3) is 0.353. The fourth-order valence-corrected chi connectivity index (χ4v) is 3.65. The third kappa shape index (κ3) is 3.37. The van der Waals surface area contributed by atoms with E-state index < -0.39 is 9.84 Å². The van der Waals surface area contributed by atoms with Crippen LogP contribution >= 0.6 is 0 Å². The van der Waals surface area contributed by atoms with E-state index in [9.17, 15) is 12.8 Å². The van der Waals surface area contributed by atoms with E-state index in [-0.39, 0.29) is 10.7 Å². The van der Waals surface area contributed by atoms with E-state index in [1.807, 2.05) is 12.1 Å². The number of aromatic nitrogens is 1. The van der Waals surface area contributed by atoms with Crippen molar-refractivity contribution < 1.29 is 12.8 Å². The molecule has 0 N–H and O–H groups in total. The van der Waals surface area contributed by atoms with Crippen molar-refractivity contribution >= 4 is 15.7 Å². The molecule has 2 heterocycles. The van der Waals surface area contributed by atoms with Crippen LogP contribution in [0.15, 0.2) is 47.5 Å². The Morgan fingerprint density at radius 1 is 1.17 bits per heavy atom. The molecule has 0 radical (unpaired) electrons. The van der Waals surface area contributed by atoms with Crippen molar-refractivity contribution in [2.75, 3.05) is 17.7 Å². The molecule has 2 atom stereocenters. The second kappa shape index (κ2) is 5.92. The molecule has 2 unspecified atom stereocenters. The lowest BCUT2D eigenvalue weighted by Gasteiger charge is -2.22. The molecule has 0 saturated carbocycles. The Kier molecular flexibility index (Phi) is 4.10. The van der Waals surface area contributed by atoms with Gasteiger partial charge in [-0.05, 0) is 43.2 Å². The van der Waals surface area contributed by atoms with Crippen molar-refractivity contribution in [1.29, 1.82) is 0 Å². The van der Waals surface area contributed by atoms with Crippen molar-refractivity contribution in [1.82, 2.24) is 4.98 Å². The summed E-state index contributed by atoms with van der Waals surface area (Å²) in [5, 5.41) is 0. The topological polar surface area (TPSA) is 50.3 Å². The zero-order chi connectivity index (χ0) is 16.6. The fourth-order valence-electron chi connectivity index (χ4n) is 3.09. The van der Waals surface area contributed by atoms with Crippen LogP contribution in [0.1, 0.15) is 24.8 Å². The highest BCUT2D eigenvalue weighted by Crippen LogP contribution is 2.34. The van der Waals surface area contributed by atoms with Gasteiger partial charge in [-0.25, -0.2) is 17.8 Å². The summed E-state index contributed by atoms with van der Waals surface area (Å²) in [5.74, 6) is 0.867. The maximum absolute atomic E-state index is 13.1. The predicted octanol–water partition coefficient (Wildman–Crippen LogP) is 3.01. The van der Waals surface area contributed by atoms with Crippen LogP contribution in [0, 0.1) is 5.82 Å². The van der Waals surface area contributed by atoms with Gasteiger partial charge >= 0.3 is 0 Å². The highest BCUT2D eigenvalue weighted by atomic mass is 32.2. The van der Waals surface area contributed by atoms with Gasteiger partial charge in [0.1, 0.15) is 11.6 Å². The lowest BCUT2D eigenvalue weighted by Crippen LogP contribution is -2.27. The number of rotatable bonds is 3. The van der Waals surface area contributed by atoms with Gasteiger partial charge in [0.15, 0.2) is 9.84 Å². The van der Waals surface area contributed by atoms with Crippen LogP contribution in [0.2, 0.25) is 0 Å². The summed E-state index contributed by atoms with van der Waals surface area (Å²) in [5.41, 5.74) is 1.12. The Labute approximate surface area is 135 Å². The molecule has 23 heavy (non-hydrogen) atoms. The van der Waals surface area contributed by atoms with Gasteiger partial charge in [-0.1, -0.05) is 12.1 Å². The molecule has 3 rings (SSSR count). The smallest absolute Gasteiger partial charge is 0.177 e. The maximum Gasteiger partial charge on any atom is 0.177 e. The first kappa shape index (κ1) is 15.9. The molecule has 1 aliphatic heterocycles. The quantitative estimate of drug-likeness (QED) is 0.866. The van der Waals surface area contributed by atoms with Crippen molar-refractivity contribution in [3.63, 3.8) is 0 Å². The number of nitrogens with zero attached hydrogens (tertiary/aromatic N) is 2. The van der Waals surface area contributed by atoms with Crippen LogP contribution in [0.5, 0.6) is 0 Å². The van der Waals surface area contributed by atoms with Crippen LogP contribution in [0.4, 0.5) is 10.2 Å². The van der Waals surface area contributed by atoms with Crippen LogP contribution in [-0.4, -0.2) is 32.2 Å². The molecule has 122 valence electrons. The van der Waals surface area contributed by atoms with Crippen LogP contribution in [0.25, 0.3) is 0 Å². The molecule has 1 fully saturated rings. The molecule has 2 aromatic rings. The average molecular weight is 334 g/mol. The number of pyridine rings is 1. The summed E-state index contributed by atoms with van der Waals surface area (Å²) in [6.07, 6.45) is 3.54. The second-order valence-electron chi connectivity index (χ2n) is 6.11. The van der Waals surface area contributed by atoms with Crippen molar-refractivity contribution in [3.05, 3.63) is 54.0 Å². The Morgan fingerprint density at radius 3 is 2.43 bits per heavy atom. The normalized spacial score (nSPS) is 21.6. The van der Waals surface area contributed by atoms with E-state index in [4.69, 9.17) is 0 Å². The van der Waals surface area contributed by atoms with E-state index in [2.05, 4.69) is 16.8 Å². The first-order valence-corrected chi connectivity index (χ1v) is 9.42. The van der Waals surface area contributed by atoms with Gasteiger partial charge in [-0.2, -0.15) is 0 Å². The van der Waals surface area contributed by atoms with Crippen molar-refractivity contribution in [3.8, 4) is 0 Å². The minimum Gasteiger partial charge on any atom is -0.353 e. The molecule has 0 amide bonds. The maximum atomic E-state index is 13.1. The lowest BCUT2D eigenvalue weighted by atomic mass is 9.97. The highest BCUT2D eigenvalue weighted by Gasteiger charge is 2.31. The highest BCUT2D eigenvalue weighted by molar-refractivity contribution is 7.90. The zero-order valence-corrected chi connectivity index (χ0v) is 13.9. The van der Waals surface area contributed by atoms with Gasteiger partial charge in [0.05, 0.1) is 4.90 Å². The molecule has 1 aliphatic rings. The summed E-state index contributed by atoms with van der Waals surface area (Å²) in [6.45, 7) is 2.91. The SMILES string of the molecule is CC1CC(c2ccc(F)cc2)CN1c1ccc(S(C)(=O)=O)cn1. The first-order valence-electron chi connectivity index (χ1n) is 7.53. The number of hydrogen-bond donors (Lipinski definition) is 0. The van der Waals surface area contributed by atoms with Gasteiger partial charge in [-0.3, -0.25) is 0 Å². The summed E-state index contributed by atoms with van der Waals surface area (Å²) in [4.78, 5) is 6.70. The monoisotopic (exact) mass is 334 g/mol. The number of hydrogen-bond acceptors (Lipinski definition) is 4. The molecule has 6 heteroatoms. The Balaban J connectivity index is 1.80. The van der Waals surface area contributed by atoms with Gasteiger partial charge in [0, 0.05) is 31.0 Å². The number of benzene rings is 1. The van der Waals surface area contributed by atoms with E-state index >= 15 is 0 Å². The molecule has 4 nitrogen and oxygen atoms in total. The van der Waals surface area contributed by atoms with Crippen LogP contribution in [-0.2, 0) is 9.84 Å². The zero-order valence-electron chi connectivity index (χ0n) is 13.1. The van der Waals surface area contributed by atoms with Gasteiger partial charge < -0.3 is 4.90 Å². The van der Waals surface area contributed by atoms with E-state index in [0.29, 0.717) is 12.0 Å². The molecule has 1 aromatic heterocycles. The number of halogens is 1. The predicted molar refractivity (Wildman–Crippen MR) is 87.9 cm³/mol. The summed E-state index contributed by atoms with van der Waals surface area (Å²) >= 11 is 0. The molecular weight excluding hydrogens is 315 g/mol. The van der Waals surface area contributed by atoms with Crippen molar-refractivity contribution in [2.45, 2.75) is 30.2 Å². The van der Waals surface area contributed by atoms with Gasteiger partial charge in [0.25, 0.3) is 0 Å².